The van der Waals surface area contributed by atoms with Crippen molar-refractivity contribution in [1.29, 1.82) is 0 Å². The zero-order chi connectivity index (χ0) is 11.4. The fraction of sp³-hybridized carbons (Fsp3) is 0.200. The summed E-state index contributed by atoms with van der Waals surface area (Å²) in [6.07, 6.45) is 0. The van der Waals surface area contributed by atoms with E-state index in [1.54, 1.807) is 0 Å². The molecule has 1 nitrogen and oxygen atoms in total. The Labute approximate surface area is 97.1 Å². The van der Waals surface area contributed by atoms with Crippen LogP contribution in [0, 0.1) is 13.8 Å². The Bertz CT molecular complexity index is 457. The Morgan fingerprint density at radius 2 is 1.56 bits per heavy atom. The van der Waals surface area contributed by atoms with Gasteiger partial charge in [0, 0.05) is 12.2 Å². The normalized spacial score (nSPS) is 10.1. The second-order valence-electron chi connectivity index (χ2n) is 4.15. The van der Waals surface area contributed by atoms with Crippen LogP contribution in [0.4, 0.5) is 5.69 Å². The van der Waals surface area contributed by atoms with Crippen molar-refractivity contribution >= 4 is 5.69 Å². The number of hydrogen-bond acceptors (Lipinski definition) is 1. The quantitative estimate of drug-likeness (QED) is 0.811. The number of benzene rings is 2. The molecular formula is C15H17N. The number of anilines is 1. The van der Waals surface area contributed by atoms with Gasteiger partial charge in [0.1, 0.15) is 0 Å². The fourth-order valence-electron chi connectivity index (χ4n) is 1.67. The Morgan fingerprint density at radius 3 is 2.25 bits per heavy atom. The molecule has 0 atom stereocenters. The van der Waals surface area contributed by atoms with Crippen LogP contribution in [0.1, 0.15) is 16.7 Å². The van der Waals surface area contributed by atoms with E-state index < -0.39 is 0 Å². The molecule has 2 aromatic carbocycles. The number of hydrogen-bond donors (Lipinski definition) is 1. The van der Waals surface area contributed by atoms with Crippen LogP contribution < -0.4 is 5.32 Å². The van der Waals surface area contributed by atoms with Crippen molar-refractivity contribution < 1.29 is 0 Å². The minimum absolute atomic E-state index is 0.880. The van der Waals surface area contributed by atoms with E-state index in [0.29, 0.717) is 0 Å². The minimum atomic E-state index is 0.880. The van der Waals surface area contributed by atoms with Crippen molar-refractivity contribution in [2.24, 2.45) is 0 Å². The summed E-state index contributed by atoms with van der Waals surface area (Å²) in [7, 11) is 0. The highest BCUT2D eigenvalue weighted by Gasteiger charge is 1.96. The van der Waals surface area contributed by atoms with Crippen LogP contribution >= 0.6 is 0 Å². The first-order valence-corrected chi connectivity index (χ1v) is 5.61. The van der Waals surface area contributed by atoms with Gasteiger partial charge in [0.2, 0.25) is 0 Å². The molecule has 0 unspecified atom stereocenters. The third kappa shape index (κ3) is 2.63. The van der Waals surface area contributed by atoms with E-state index in [1.807, 2.05) is 0 Å². The molecule has 0 saturated carbocycles. The van der Waals surface area contributed by atoms with Crippen LogP contribution in [0.25, 0.3) is 0 Å². The standard InChI is InChI=1S/C15H17N/c1-12-7-9-14(10-8-12)11-16-15-6-4-3-5-13(15)2/h3-10,16H,11H2,1-2H3. The summed E-state index contributed by atoms with van der Waals surface area (Å²) >= 11 is 0. The molecule has 1 N–H and O–H groups in total. The number of nitrogens with one attached hydrogen (secondary N) is 1. The lowest BCUT2D eigenvalue weighted by Crippen LogP contribution is -2.00. The van der Waals surface area contributed by atoms with E-state index in [4.69, 9.17) is 0 Å². The number of rotatable bonds is 3. The molecule has 2 aromatic rings. The van der Waals surface area contributed by atoms with E-state index in [1.165, 1.54) is 22.4 Å². The maximum atomic E-state index is 3.45. The van der Waals surface area contributed by atoms with E-state index in [9.17, 15) is 0 Å². The Balaban J connectivity index is 2.02. The van der Waals surface area contributed by atoms with Gasteiger partial charge in [0.15, 0.2) is 0 Å². The monoisotopic (exact) mass is 211 g/mol. The maximum Gasteiger partial charge on any atom is 0.0400 e. The molecule has 0 spiro atoms. The molecule has 0 amide bonds. The highest BCUT2D eigenvalue weighted by Crippen LogP contribution is 2.14. The van der Waals surface area contributed by atoms with Crippen molar-refractivity contribution in [1.82, 2.24) is 0 Å². The van der Waals surface area contributed by atoms with Gasteiger partial charge in [0.05, 0.1) is 0 Å². The summed E-state index contributed by atoms with van der Waals surface area (Å²) in [4.78, 5) is 0. The largest absolute Gasteiger partial charge is 0.381 e. The lowest BCUT2D eigenvalue weighted by Gasteiger charge is -2.09. The van der Waals surface area contributed by atoms with E-state index >= 15 is 0 Å². The molecule has 0 aliphatic rings. The second-order valence-corrected chi connectivity index (χ2v) is 4.15. The summed E-state index contributed by atoms with van der Waals surface area (Å²) in [6, 6.07) is 17.0. The molecule has 1 heteroatoms. The summed E-state index contributed by atoms with van der Waals surface area (Å²) < 4.78 is 0. The van der Waals surface area contributed by atoms with Crippen LogP contribution in [-0.2, 0) is 6.54 Å². The molecule has 0 aliphatic carbocycles. The molecule has 0 radical (unpaired) electrons. The lowest BCUT2D eigenvalue weighted by atomic mass is 10.1. The highest BCUT2D eigenvalue weighted by molar-refractivity contribution is 5.50. The van der Waals surface area contributed by atoms with Gasteiger partial charge in [-0.2, -0.15) is 0 Å². The zero-order valence-electron chi connectivity index (χ0n) is 9.83. The smallest absolute Gasteiger partial charge is 0.0400 e. The van der Waals surface area contributed by atoms with Gasteiger partial charge in [-0.3, -0.25) is 0 Å². The van der Waals surface area contributed by atoms with Crippen LogP contribution in [0.5, 0.6) is 0 Å². The third-order valence-corrected chi connectivity index (χ3v) is 2.75. The van der Waals surface area contributed by atoms with Crippen molar-refractivity contribution in [3.8, 4) is 0 Å². The topological polar surface area (TPSA) is 12.0 Å². The van der Waals surface area contributed by atoms with E-state index in [0.717, 1.165) is 6.54 Å². The summed E-state index contributed by atoms with van der Waals surface area (Å²) in [5.41, 5.74) is 5.12. The lowest BCUT2D eigenvalue weighted by molar-refractivity contribution is 1.14. The van der Waals surface area contributed by atoms with Gasteiger partial charge < -0.3 is 5.32 Å². The molecule has 0 saturated heterocycles. The van der Waals surface area contributed by atoms with Crippen LogP contribution in [0.2, 0.25) is 0 Å². The predicted octanol–water partition coefficient (Wildman–Crippen LogP) is 3.92. The first-order chi connectivity index (χ1) is 7.75. The molecule has 2 rings (SSSR count). The molecule has 0 aliphatic heterocycles. The first-order valence-electron chi connectivity index (χ1n) is 5.61. The fourth-order valence-corrected chi connectivity index (χ4v) is 1.67. The average molecular weight is 211 g/mol. The van der Waals surface area contributed by atoms with E-state index in [2.05, 4.69) is 67.7 Å². The van der Waals surface area contributed by atoms with Gasteiger partial charge in [-0.05, 0) is 31.0 Å². The van der Waals surface area contributed by atoms with Gasteiger partial charge in [0.25, 0.3) is 0 Å². The number of para-hydroxylation sites is 1. The predicted molar refractivity (Wildman–Crippen MR) is 69.7 cm³/mol. The van der Waals surface area contributed by atoms with Crippen LogP contribution in [-0.4, -0.2) is 0 Å². The molecule has 82 valence electrons. The van der Waals surface area contributed by atoms with Crippen molar-refractivity contribution in [2.75, 3.05) is 5.32 Å². The van der Waals surface area contributed by atoms with Crippen molar-refractivity contribution in [2.45, 2.75) is 20.4 Å². The highest BCUT2D eigenvalue weighted by atomic mass is 14.9. The number of aryl methyl sites for hydroxylation is 2. The Hall–Kier alpha value is -1.76. The minimum Gasteiger partial charge on any atom is -0.381 e. The molecule has 0 heterocycles. The van der Waals surface area contributed by atoms with Gasteiger partial charge in [-0.25, -0.2) is 0 Å². The molecule has 0 fully saturated rings. The zero-order valence-corrected chi connectivity index (χ0v) is 9.83. The third-order valence-electron chi connectivity index (χ3n) is 2.75. The SMILES string of the molecule is Cc1ccc(CNc2ccccc2C)cc1. The Kier molecular flexibility index (Phi) is 3.25. The molecule has 0 aromatic heterocycles. The van der Waals surface area contributed by atoms with Crippen LogP contribution in [0.15, 0.2) is 48.5 Å². The Morgan fingerprint density at radius 1 is 0.875 bits per heavy atom. The molecule has 0 bridgehead atoms. The van der Waals surface area contributed by atoms with Crippen LogP contribution in [0.3, 0.4) is 0 Å². The molecule has 16 heavy (non-hydrogen) atoms. The summed E-state index contributed by atoms with van der Waals surface area (Å²) in [5.74, 6) is 0. The van der Waals surface area contributed by atoms with Gasteiger partial charge in [-0.1, -0.05) is 48.0 Å². The summed E-state index contributed by atoms with van der Waals surface area (Å²) in [6.45, 7) is 5.11. The maximum absolute atomic E-state index is 3.45. The van der Waals surface area contributed by atoms with Gasteiger partial charge in [-0.15, -0.1) is 0 Å². The average Bonchev–Trinajstić information content (AvgIpc) is 2.30. The first kappa shape index (κ1) is 10.7. The van der Waals surface area contributed by atoms with Gasteiger partial charge >= 0.3 is 0 Å². The van der Waals surface area contributed by atoms with Crippen molar-refractivity contribution in [3.05, 3.63) is 65.2 Å². The van der Waals surface area contributed by atoms with E-state index in [-0.39, 0.29) is 0 Å². The van der Waals surface area contributed by atoms with Crippen molar-refractivity contribution in [3.63, 3.8) is 0 Å². The molecular weight excluding hydrogens is 194 g/mol. The summed E-state index contributed by atoms with van der Waals surface area (Å²) in [5, 5.41) is 3.45. The second kappa shape index (κ2) is 4.84.